The molecule has 0 N–H and O–H groups in total. The molecule has 0 radical (unpaired) electrons. The number of furan rings is 1. The molecule has 1 atom stereocenters. The molecule has 5 rings (SSSR count). The maximum atomic E-state index is 13.7. The van der Waals surface area contributed by atoms with E-state index in [0.717, 1.165) is 5.56 Å². The molecule has 0 bridgehead atoms. The number of ether oxygens (including phenoxy) is 1. The monoisotopic (exact) mass is 536 g/mol. The molecule has 0 aliphatic carbocycles. The van der Waals surface area contributed by atoms with Crippen molar-refractivity contribution < 1.29 is 18.4 Å². The van der Waals surface area contributed by atoms with Crippen molar-refractivity contribution in [3.63, 3.8) is 0 Å². The number of aromatic nitrogens is 3. The summed E-state index contributed by atoms with van der Waals surface area (Å²) in [5.41, 5.74) is 2.56. The molecule has 0 saturated heterocycles. The zero-order valence-corrected chi connectivity index (χ0v) is 22.5. The predicted octanol–water partition coefficient (Wildman–Crippen LogP) is 3.97. The highest BCUT2D eigenvalue weighted by atomic mass is 32.2. The van der Waals surface area contributed by atoms with E-state index in [1.165, 1.54) is 35.8 Å². The van der Waals surface area contributed by atoms with Gasteiger partial charge >= 0.3 is 5.97 Å². The van der Waals surface area contributed by atoms with E-state index in [-0.39, 0.29) is 5.56 Å². The van der Waals surface area contributed by atoms with Gasteiger partial charge in [-0.1, -0.05) is 49.4 Å². The highest BCUT2D eigenvalue weighted by Gasteiger charge is 2.33. The van der Waals surface area contributed by atoms with E-state index >= 15 is 0 Å². The molecule has 4 heterocycles. The number of aryl methyl sites for hydroxylation is 1. The first-order valence-corrected chi connectivity index (χ1v) is 13.2. The molecule has 0 saturated carbocycles. The van der Waals surface area contributed by atoms with Crippen molar-refractivity contribution in [3.8, 4) is 0 Å². The van der Waals surface area contributed by atoms with Crippen LogP contribution in [0.25, 0.3) is 6.08 Å². The van der Waals surface area contributed by atoms with Crippen LogP contribution in [0.15, 0.2) is 76.6 Å². The Bertz CT molecular complexity index is 1690. The quantitative estimate of drug-likeness (QED) is 0.340. The van der Waals surface area contributed by atoms with Crippen LogP contribution in [0.3, 0.4) is 0 Å². The second-order valence-electron chi connectivity index (χ2n) is 8.74. The summed E-state index contributed by atoms with van der Waals surface area (Å²) in [7, 11) is 1.33. The van der Waals surface area contributed by atoms with E-state index in [1.807, 2.05) is 24.3 Å². The first kappa shape index (κ1) is 25.0. The van der Waals surface area contributed by atoms with Gasteiger partial charge in [-0.05, 0) is 36.1 Å². The Balaban J connectivity index is 1.58. The average Bonchev–Trinajstić information content (AvgIpc) is 3.57. The number of fused-ring (bicyclic) bond motifs is 1. The molecule has 11 heteroatoms. The fourth-order valence-corrected chi connectivity index (χ4v) is 5.79. The van der Waals surface area contributed by atoms with Crippen molar-refractivity contribution in [2.24, 2.45) is 4.99 Å². The Morgan fingerprint density at radius 1 is 1.14 bits per heavy atom. The number of carbonyl (C=O) groups is 1. The van der Waals surface area contributed by atoms with Gasteiger partial charge in [0.1, 0.15) is 5.76 Å². The smallest absolute Gasteiger partial charge is 0.338 e. The van der Waals surface area contributed by atoms with Crippen molar-refractivity contribution in [1.29, 1.82) is 0 Å². The second kappa shape index (κ2) is 9.98. The molecule has 3 aromatic heterocycles. The molecule has 0 spiro atoms. The molecule has 4 aromatic rings. The lowest BCUT2D eigenvalue weighted by Gasteiger charge is -2.24. The van der Waals surface area contributed by atoms with Gasteiger partial charge in [0, 0.05) is 24.8 Å². The summed E-state index contributed by atoms with van der Waals surface area (Å²) in [6, 6.07) is 10.8. The van der Waals surface area contributed by atoms with Gasteiger partial charge < -0.3 is 13.6 Å². The fraction of sp³-hybridized carbons (Fsp3) is 0.269. The van der Waals surface area contributed by atoms with Crippen LogP contribution in [-0.2, 0) is 9.53 Å². The van der Waals surface area contributed by atoms with Crippen molar-refractivity contribution in [2.75, 3.05) is 7.11 Å². The highest BCUT2D eigenvalue weighted by molar-refractivity contribution is 7.99. The van der Waals surface area contributed by atoms with Crippen LogP contribution in [0.5, 0.6) is 0 Å². The van der Waals surface area contributed by atoms with Crippen LogP contribution in [0, 0.1) is 6.92 Å². The maximum absolute atomic E-state index is 13.7. The summed E-state index contributed by atoms with van der Waals surface area (Å²) in [6.45, 7) is 7.70. The number of methoxy groups -OCH3 is 1. The minimum atomic E-state index is -0.657. The van der Waals surface area contributed by atoms with Crippen LogP contribution in [-0.4, -0.2) is 27.8 Å². The summed E-state index contributed by atoms with van der Waals surface area (Å²) >= 11 is 2.43. The Kier molecular flexibility index (Phi) is 6.74. The first-order chi connectivity index (χ1) is 17.7. The van der Waals surface area contributed by atoms with E-state index < -0.39 is 12.0 Å². The molecule has 1 aliphatic heterocycles. The normalized spacial score (nSPS) is 15.7. The molecule has 190 valence electrons. The topological polar surface area (TPSA) is 113 Å². The molecule has 37 heavy (non-hydrogen) atoms. The molecular formula is C26H24N4O5S2. The van der Waals surface area contributed by atoms with Crippen LogP contribution >= 0.6 is 23.1 Å². The number of hydrogen-bond donors (Lipinski definition) is 0. The zero-order valence-electron chi connectivity index (χ0n) is 20.8. The highest BCUT2D eigenvalue weighted by Crippen LogP contribution is 2.32. The number of carbonyl (C=O) groups excluding carboxylic acids is 1. The third-order valence-corrected chi connectivity index (χ3v) is 7.66. The average molecular weight is 537 g/mol. The van der Waals surface area contributed by atoms with Crippen molar-refractivity contribution in [2.45, 2.75) is 50.0 Å². The Morgan fingerprint density at radius 3 is 2.54 bits per heavy atom. The summed E-state index contributed by atoms with van der Waals surface area (Å²) in [6.07, 6.45) is 1.67. The lowest BCUT2D eigenvalue weighted by Crippen LogP contribution is -2.39. The van der Waals surface area contributed by atoms with Crippen LogP contribution in [0.1, 0.15) is 55.5 Å². The largest absolute Gasteiger partial charge is 0.466 e. The van der Waals surface area contributed by atoms with Gasteiger partial charge in [-0.3, -0.25) is 9.36 Å². The van der Waals surface area contributed by atoms with Gasteiger partial charge in [0.05, 0.1) is 29.0 Å². The lowest BCUT2D eigenvalue weighted by atomic mass is 9.93. The van der Waals surface area contributed by atoms with Crippen molar-refractivity contribution >= 4 is 35.1 Å². The molecule has 0 fully saturated rings. The van der Waals surface area contributed by atoms with Gasteiger partial charge in [-0.15, -0.1) is 10.2 Å². The maximum Gasteiger partial charge on any atom is 0.338 e. The third-order valence-electron chi connectivity index (χ3n) is 5.92. The molecule has 0 unspecified atom stereocenters. The SMILES string of the molecule is COC(=O)C1=C(C)N=c2s/c(=C\c3ccc(Sc4nnc(C)o4)o3)c(=O)n2[C@@H]1c1ccc(C(C)C)cc1. The zero-order chi connectivity index (χ0) is 26.3. The number of esters is 1. The molecular weight excluding hydrogens is 512 g/mol. The van der Waals surface area contributed by atoms with Crippen molar-refractivity contribution in [1.82, 2.24) is 14.8 Å². The van der Waals surface area contributed by atoms with E-state index in [0.29, 0.717) is 48.5 Å². The minimum Gasteiger partial charge on any atom is -0.466 e. The summed E-state index contributed by atoms with van der Waals surface area (Å²) in [5.74, 6) is 0.794. The number of rotatable bonds is 6. The van der Waals surface area contributed by atoms with Gasteiger partial charge in [0.2, 0.25) is 5.89 Å². The Hall–Kier alpha value is -3.70. The van der Waals surface area contributed by atoms with Crippen LogP contribution in [0.2, 0.25) is 0 Å². The molecule has 0 amide bonds. The van der Waals surface area contributed by atoms with E-state index in [1.54, 1.807) is 36.6 Å². The van der Waals surface area contributed by atoms with Gasteiger partial charge in [-0.2, -0.15) is 0 Å². The summed E-state index contributed by atoms with van der Waals surface area (Å²) in [5, 5.41) is 8.67. The number of hydrogen-bond acceptors (Lipinski definition) is 10. The minimum absolute atomic E-state index is 0.270. The third kappa shape index (κ3) is 4.84. The summed E-state index contributed by atoms with van der Waals surface area (Å²) in [4.78, 5) is 31.6. The van der Waals surface area contributed by atoms with Crippen molar-refractivity contribution in [3.05, 3.63) is 90.1 Å². The van der Waals surface area contributed by atoms with Gasteiger partial charge in [-0.25, -0.2) is 9.79 Å². The number of allylic oxidation sites excluding steroid dienone is 1. The fourth-order valence-electron chi connectivity index (χ4n) is 4.07. The second-order valence-corrected chi connectivity index (χ2v) is 10.7. The standard InChI is InChI=1S/C26H24N4O5S2/c1-13(2)16-6-8-17(9-7-16)22-21(24(32)33-5)14(3)27-25-30(22)23(31)19(36-25)12-18-10-11-20(35-18)37-26-29-28-15(4)34-26/h6-13,22H,1-5H3/b19-12-/t22-/m1/s1. The van der Waals surface area contributed by atoms with Crippen LogP contribution in [0.4, 0.5) is 0 Å². The van der Waals surface area contributed by atoms with Crippen LogP contribution < -0.4 is 14.9 Å². The number of nitrogens with zero attached hydrogens (tertiary/aromatic N) is 4. The molecule has 1 aromatic carbocycles. The number of thiazole rings is 1. The first-order valence-electron chi connectivity index (χ1n) is 11.5. The number of benzene rings is 1. The lowest BCUT2D eigenvalue weighted by molar-refractivity contribution is -0.136. The molecule has 1 aliphatic rings. The Labute approximate surface area is 220 Å². The predicted molar refractivity (Wildman–Crippen MR) is 138 cm³/mol. The van der Waals surface area contributed by atoms with Gasteiger partial charge in [0.25, 0.3) is 10.8 Å². The van der Waals surface area contributed by atoms with E-state index in [4.69, 9.17) is 13.6 Å². The van der Waals surface area contributed by atoms with E-state index in [9.17, 15) is 9.59 Å². The Morgan fingerprint density at radius 2 is 1.89 bits per heavy atom. The van der Waals surface area contributed by atoms with Gasteiger partial charge in [0.15, 0.2) is 9.89 Å². The molecule has 9 nitrogen and oxygen atoms in total. The summed E-state index contributed by atoms with van der Waals surface area (Å²) < 4.78 is 18.3. The van der Waals surface area contributed by atoms with E-state index in [2.05, 4.69) is 29.0 Å².